The molecule has 3 heterocycles. The van der Waals surface area contributed by atoms with Crippen molar-refractivity contribution in [3.05, 3.63) is 58.7 Å². The van der Waals surface area contributed by atoms with E-state index in [0.717, 1.165) is 4.90 Å². The van der Waals surface area contributed by atoms with Gasteiger partial charge in [-0.3, -0.25) is 14.5 Å². The van der Waals surface area contributed by atoms with E-state index in [1.165, 1.54) is 22.9 Å². The molecule has 3 amide bonds. The number of para-hydroxylation sites is 2. The van der Waals surface area contributed by atoms with Gasteiger partial charge in [0.05, 0.1) is 12.1 Å². The van der Waals surface area contributed by atoms with Gasteiger partial charge >= 0.3 is 11.8 Å². The summed E-state index contributed by atoms with van der Waals surface area (Å²) in [5.74, 6) is -4.49. The van der Waals surface area contributed by atoms with Crippen LogP contribution in [0.2, 0.25) is 0 Å². The Labute approximate surface area is 185 Å². The molecule has 1 spiro atoms. The number of carbonyl (C=O) groups excluding carboxylic acids is 3. The monoisotopic (exact) mass is 456 g/mol. The second-order valence-corrected chi connectivity index (χ2v) is 8.26. The molecule has 0 bridgehead atoms. The van der Waals surface area contributed by atoms with E-state index in [4.69, 9.17) is 4.42 Å². The quantitative estimate of drug-likeness (QED) is 0.477. The second-order valence-electron chi connectivity index (χ2n) is 8.26. The van der Waals surface area contributed by atoms with Crippen LogP contribution < -0.4 is 11.1 Å². The van der Waals surface area contributed by atoms with E-state index in [2.05, 4.69) is 10.3 Å². The predicted molar refractivity (Wildman–Crippen MR) is 110 cm³/mol. The molecule has 11 heteroatoms. The number of imide groups is 1. The fourth-order valence-electron chi connectivity index (χ4n) is 4.30. The summed E-state index contributed by atoms with van der Waals surface area (Å²) in [6, 6.07) is 8.90. The highest BCUT2D eigenvalue weighted by Gasteiger charge is 2.55. The number of fused-ring (bicyclic) bond motifs is 1. The van der Waals surface area contributed by atoms with E-state index < -0.39 is 54.3 Å². The molecule has 0 atom stereocenters. The number of pyridine rings is 1. The highest BCUT2D eigenvalue weighted by molar-refractivity contribution is 6.11. The first-order valence-electron chi connectivity index (χ1n) is 10.3. The van der Waals surface area contributed by atoms with Crippen molar-refractivity contribution in [2.24, 2.45) is 0 Å². The van der Waals surface area contributed by atoms with Crippen LogP contribution in [-0.2, 0) is 4.79 Å². The summed E-state index contributed by atoms with van der Waals surface area (Å²) >= 11 is 0. The number of amides is 3. The molecule has 1 saturated heterocycles. The van der Waals surface area contributed by atoms with Crippen LogP contribution in [0.15, 0.2) is 51.8 Å². The summed E-state index contributed by atoms with van der Waals surface area (Å²) in [4.78, 5) is 55.0. The molecule has 0 radical (unpaired) electrons. The lowest BCUT2D eigenvalue weighted by atomic mass is 9.80. The second kappa shape index (κ2) is 7.32. The number of benzene rings is 1. The number of nitrogens with one attached hydrogen (secondary N) is 1. The number of hydrogen-bond acceptors (Lipinski definition) is 6. The summed E-state index contributed by atoms with van der Waals surface area (Å²) in [6.07, 6.45) is -0.137. The number of halogens is 2. The van der Waals surface area contributed by atoms with Gasteiger partial charge in [0.2, 0.25) is 5.92 Å². The number of rotatable bonds is 4. The summed E-state index contributed by atoms with van der Waals surface area (Å²) in [7, 11) is 0. The Hall–Kier alpha value is -3.89. The third-order valence-corrected chi connectivity index (χ3v) is 6.17. The smallest absolute Gasteiger partial charge is 0.407 e. The van der Waals surface area contributed by atoms with Crippen LogP contribution >= 0.6 is 0 Å². The van der Waals surface area contributed by atoms with Gasteiger partial charge in [-0.1, -0.05) is 12.1 Å². The molecule has 33 heavy (non-hydrogen) atoms. The third-order valence-electron chi connectivity index (χ3n) is 6.17. The van der Waals surface area contributed by atoms with Crippen molar-refractivity contribution in [2.45, 2.75) is 37.1 Å². The van der Waals surface area contributed by atoms with Crippen molar-refractivity contribution < 1.29 is 27.6 Å². The van der Waals surface area contributed by atoms with E-state index in [-0.39, 0.29) is 24.2 Å². The van der Waals surface area contributed by atoms with Crippen LogP contribution in [0.4, 0.5) is 13.6 Å². The van der Waals surface area contributed by atoms with Crippen LogP contribution in [0.1, 0.15) is 36.0 Å². The number of carbonyl (C=O) groups is 3. The van der Waals surface area contributed by atoms with Gasteiger partial charge in [-0.25, -0.2) is 27.9 Å². The molecule has 170 valence electrons. The van der Waals surface area contributed by atoms with Gasteiger partial charge in [0, 0.05) is 24.6 Å². The van der Waals surface area contributed by atoms with Crippen LogP contribution in [0.5, 0.6) is 0 Å². The largest absolute Gasteiger partial charge is 0.425 e. The fraction of sp³-hybridized carbons (Fsp3) is 0.318. The minimum atomic E-state index is -2.87. The molecule has 3 aromatic rings. The molecule has 1 saturated carbocycles. The van der Waals surface area contributed by atoms with E-state index in [0.29, 0.717) is 11.1 Å². The summed E-state index contributed by atoms with van der Waals surface area (Å²) in [6.45, 7) is -0.543. The van der Waals surface area contributed by atoms with Crippen molar-refractivity contribution in [1.29, 1.82) is 0 Å². The lowest BCUT2D eigenvalue weighted by molar-refractivity contribution is -0.135. The third kappa shape index (κ3) is 3.49. The maximum Gasteiger partial charge on any atom is 0.425 e. The maximum absolute atomic E-state index is 13.5. The number of aromatic nitrogens is 2. The normalized spacial score (nSPS) is 19.3. The average Bonchev–Trinajstić information content (AvgIpc) is 3.24. The zero-order valence-corrected chi connectivity index (χ0v) is 17.2. The Morgan fingerprint density at radius 2 is 1.79 bits per heavy atom. The van der Waals surface area contributed by atoms with Gasteiger partial charge in [-0.2, -0.15) is 0 Å². The Morgan fingerprint density at radius 3 is 2.48 bits per heavy atom. The maximum atomic E-state index is 13.5. The van der Waals surface area contributed by atoms with Gasteiger partial charge in [0.1, 0.15) is 11.4 Å². The van der Waals surface area contributed by atoms with Crippen molar-refractivity contribution in [1.82, 2.24) is 19.8 Å². The number of nitrogens with zero attached hydrogens (tertiary/aromatic N) is 3. The van der Waals surface area contributed by atoms with Gasteiger partial charge < -0.3 is 9.73 Å². The van der Waals surface area contributed by atoms with E-state index in [1.807, 2.05) is 0 Å². The molecular weight excluding hydrogens is 438 g/mol. The standard InChI is InChI=1S/C22H18F2N4O5/c23-22(24)9-7-21(8-10-22)18(30)27(19(31)26-21)12-15(29)13-5-6-17(25-11-13)28-14-3-1-2-4-16(14)33-20(28)32/h1-6,11H,7-10,12H2,(H,26,31). The van der Waals surface area contributed by atoms with Gasteiger partial charge in [0.15, 0.2) is 11.4 Å². The van der Waals surface area contributed by atoms with Crippen molar-refractivity contribution >= 4 is 28.8 Å². The predicted octanol–water partition coefficient (Wildman–Crippen LogP) is 2.66. The van der Waals surface area contributed by atoms with Crippen molar-refractivity contribution in [2.75, 3.05) is 6.54 Å². The molecule has 1 aliphatic heterocycles. The zero-order chi connectivity index (χ0) is 23.4. The van der Waals surface area contributed by atoms with Crippen LogP contribution in [-0.4, -0.2) is 50.2 Å². The molecular formula is C22H18F2N4O5. The molecule has 1 aliphatic carbocycles. The molecule has 1 N–H and O–H groups in total. The fourth-order valence-corrected chi connectivity index (χ4v) is 4.30. The van der Waals surface area contributed by atoms with Gasteiger partial charge in [-0.15, -0.1) is 0 Å². The number of ketones is 1. The minimum absolute atomic E-state index is 0.122. The molecule has 9 nitrogen and oxygen atoms in total. The first-order chi connectivity index (χ1) is 15.7. The van der Waals surface area contributed by atoms with Crippen LogP contribution in [0.25, 0.3) is 16.9 Å². The van der Waals surface area contributed by atoms with Crippen LogP contribution in [0.3, 0.4) is 0 Å². The lowest BCUT2D eigenvalue weighted by Crippen LogP contribution is -2.51. The SMILES string of the molecule is O=C(CN1C(=O)NC2(CCC(F)(F)CC2)C1=O)c1ccc(-n2c(=O)oc3ccccc32)nc1. The number of urea groups is 1. The Morgan fingerprint density at radius 1 is 1.06 bits per heavy atom. The van der Waals surface area contributed by atoms with E-state index >= 15 is 0 Å². The van der Waals surface area contributed by atoms with Crippen molar-refractivity contribution in [3.8, 4) is 5.82 Å². The molecule has 2 aliphatic rings. The first-order valence-corrected chi connectivity index (χ1v) is 10.3. The summed E-state index contributed by atoms with van der Waals surface area (Å²) in [5.41, 5.74) is -0.365. The number of hydrogen-bond donors (Lipinski definition) is 1. The van der Waals surface area contributed by atoms with Crippen LogP contribution in [0, 0.1) is 0 Å². The van der Waals surface area contributed by atoms with E-state index in [9.17, 15) is 28.0 Å². The minimum Gasteiger partial charge on any atom is -0.407 e. The topological polar surface area (TPSA) is 115 Å². The Bertz CT molecular complexity index is 1330. The molecule has 0 unspecified atom stereocenters. The average molecular weight is 456 g/mol. The van der Waals surface area contributed by atoms with Gasteiger partial charge in [-0.05, 0) is 37.1 Å². The summed E-state index contributed by atoms with van der Waals surface area (Å²) in [5, 5.41) is 2.50. The molecule has 2 aromatic heterocycles. The zero-order valence-electron chi connectivity index (χ0n) is 17.2. The lowest BCUT2D eigenvalue weighted by Gasteiger charge is -2.34. The van der Waals surface area contributed by atoms with E-state index in [1.54, 1.807) is 24.3 Å². The molecule has 2 fully saturated rings. The highest BCUT2D eigenvalue weighted by Crippen LogP contribution is 2.41. The molecule has 5 rings (SSSR count). The number of Topliss-reactive ketones (excluding diaryl/α,β-unsaturated/α-hetero) is 1. The summed E-state index contributed by atoms with van der Waals surface area (Å²) < 4.78 is 33.5. The Kier molecular flexibility index (Phi) is 4.66. The Balaban J connectivity index is 1.33. The molecule has 1 aromatic carbocycles. The number of oxazole rings is 1. The highest BCUT2D eigenvalue weighted by atomic mass is 19.3. The number of alkyl halides is 2. The first kappa shape index (κ1) is 21.0. The van der Waals surface area contributed by atoms with Crippen molar-refractivity contribution in [3.63, 3.8) is 0 Å². The van der Waals surface area contributed by atoms with Gasteiger partial charge in [0.25, 0.3) is 5.91 Å².